The van der Waals surface area contributed by atoms with Gasteiger partial charge in [0, 0.05) is 27.8 Å². The van der Waals surface area contributed by atoms with E-state index in [0.717, 1.165) is 16.0 Å². The van der Waals surface area contributed by atoms with Crippen LogP contribution in [0.1, 0.15) is 32.8 Å². The van der Waals surface area contributed by atoms with Crippen molar-refractivity contribution >= 4 is 34.9 Å². The number of nitrogens with two attached hydrogens (primary N) is 1. The Morgan fingerprint density at radius 3 is 2.44 bits per heavy atom. The Hall–Kier alpha value is -4.13. The number of nitrogens with zero attached hydrogens (tertiary/aromatic N) is 1. The molecule has 1 aromatic heterocycles. The number of hydrogen-bond acceptors (Lipinski definition) is 7. The van der Waals surface area contributed by atoms with Crippen molar-refractivity contribution in [2.45, 2.75) is 31.7 Å². The first-order valence-electron chi connectivity index (χ1n) is 13.1. The molecular weight excluding hydrogens is 549 g/mol. The quantitative estimate of drug-likeness (QED) is 0.238. The Balaban J connectivity index is 1.21. The second-order valence-corrected chi connectivity index (χ2v) is 11.0. The smallest absolute Gasteiger partial charge is 0.251 e. The van der Waals surface area contributed by atoms with Crippen molar-refractivity contribution < 1.29 is 28.2 Å². The predicted molar refractivity (Wildman–Crippen MR) is 151 cm³/mol. The van der Waals surface area contributed by atoms with Crippen LogP contribution in [0.25, 0.3) is 11.1 Å². The van der Waals surface area contributed by atoms with Crippen LogP contribution in [0, 0.1) is 18.2 Å². The van der Waals surface area contributed by atoms with Gasteiger partial charge in [0.15, 0.2) is 5.79 Å². The fraction of sp³-hybridized carbons (Fsp3) is 0.310. The standard InChI is InChI=1S/C29H30FN5O5S/c1-17-10-20(6-7-23(17)30)18-2-4-19(5-3-18)27(37)34-14-25(36)35-16-29(39-8-9-40-29)12-24(35)28(38)33-13-22-11-21(15-41-22)26(31)32/h2-7,10-11,15,24H,8-9,12-14,16H2,1H3,(H3,31,32)(H,33,38)(H,34,37)/t24-/m0/s1. The summed E-state index contributed by atoms with van der Waals surface area (Å²) in [6.45, 7) is 2.39. The highest BCUT2D eigenvalue weighted by Gasteiger charge is 2.52. The molecule has 0 unspecified atom stereocenters. The number of amides is 3. The van der Waals surface area contributed by atoms with Crippen LogP contribution >= 0.6 is 11.3 Å². The zero-order valence-corrected chi connectivity index (χ0v) is 23.2. The van der Waals surface area contributed by atoms with E-state index in [-0.39, 0.29) is 43.6 Å². The van der Waals surface area contributed by atoms with Crippen LogP contribution in [0.2, 0.25) is 0 Å². The summed E-state index contributed by atoms with van der Waals surface area (Å²) >= 11 is 1.37. The average molecular weight is 580 g/mol. The minimum Gasteiger partial charge on any atom is -0.384 e. The molecule has 5 N–H and O–H groups in total. The number of amidine groups is 1. The molecule has 2 aromatic carbocycles. The van der Waals surface area contributed by atoms with Crippen molar-refractivity contribution in [3.63, 3.8) is 0 Å². The molecule has 0 aliphatic carbocycles. The summed E-state index contributed by atoms with van der Waals surface area (Å²) in [6, 6.07) is 12.5. The molecule has 2 fully saturated rings. The lowest BCUT2D eigenvalue weighted by atomic mass is 10.0. The van der Waals surface area contributed by atoms with Gasteiger partial charge in [-0.2, -0.15) is 0 Å². The number of carbonyl (C=O) groups is 3. The molecule has 214 valence electrons. The van der Waals surface area contributed by atoms with Crippen LogP contribution in [0.3, 0.4) is 0 Å². The molecule has 3 heterocycles. The van der Waals surface area contributed by atoms with Crippen molar-refractivity contribution in [3.8, 4) is 11.1 Å². The molecule has 1 atom stereocenters. The van der Waals surface area contributed by atoms with Gasteiger partial charge in [-0.15, -0.1) is 11.3 Å². The number of rotatable bonds is 8. The van der Waals surface area contributed by atoms with Crippen LogP contribution in [0.5, 0.6) is 0 Å². The topological polar surface area (TPSA) is 147 Å². The Morgan fingerprint density at radius 1 is 1.07 bits per heavy atom. The largest absolute Gasteiger partial charge is 0.384 e. The van der Waals surface area contributed by atoms with Crippen molar-refractivity contribution in [1.29, 1.82) is 5.41 Å². The Kier molecular flexibility index (Phi) is 8.15. The van der Waals surface area contributed by atoms with Gasteiger partial charge in [-0.05, 0) is 53.9 Å². The predicted octanol–water partition coefficient (Wildman–Crippen LogP) is 2.54. The van der Waals surface area contributed by atoms with Crippen LogP contribution in [0.15, 0.2) is 53.9 Å². The Morgan fingerprint density at radius 2 is 1.78 bits per heavy atom. The summed E-state index contributed by atoms with van der Waals surface area (Å²) in [7, 11) is 0. The maximum Gasteiger partial charge on any atom is 0.251 e. The van der Waals surface area contributed by atoms with Gasteiger partial charge in [0.05, 0.1) is 32.8 Å². The summed E-state index contributed by atoms with van der Waals surface area (Å²) < 4.78 is 25.1. The van der Waals surface area contributed by atoms with Gasteiger partial charge in [-0.25, -0.2) is 4.39 Å². The molecule has 12 heteroatoms. The minimum atomic E-state index is -1.05. The van der Waals surface area contributed by atoms with E-state index in [1.54, 1.807) is 54.8 Å². The molecule has 5 rings (SSSR count). The third-order valence-electron chi connectivity index (χ3n) is 7.17. The number of thiophene rings is 1. The Labute approximate surface area is 240 Å². The van der Waals surface area contributed by atoms with Crippen LogP contribution in [-0.4, -0.2) is 66.6 Å². The van der Waals surface area contributed by atoms with Gasteiger partial charge in [0.25, 0.3) is 5.91 Å². The average Bonchev–Trinajstić information content (AvgIpc) is 3.72. The molecule has 2 aliphatic heterocycles. The lowest BCUT2D eigenvalue weighted by molar-refractivity contribution is -0.152. The van der Waals surface area contributed by atoms with E-state index in [1.807, 2.05) is 0 Å². The number of carbonyl (C=O) groups excluding carboxylic acids is 3. The molecule has 1 spiro atoms. The first-order chi connectivity index (χ1) is 19.6. The molecule has 2 aliphatic rings. The third-order valence-corrected chi connectivity index (χ3v) is 8.11. The summed E-state index contributed by atoms with van der Waals surface area (Å²) in [5.41, 5.74) is 8.64. The normalized spacial score (nSPS) is 17.5. The van der Waals surface area contributed by atoms with Crippen molar-refractivity contribution in [2.24, 2.45) is 5.73 Å². The number of hydrogen-bond donors (Lipinski definition) is 4. The highest BCUT2D eigenvalue weighted by molar-refractivity contribution is 7.10. The molecule has 3 amide bonds. The van der Waals surface area contributed by atoms with Gasteiger partial charge in [0.2, 0.25) is 11.8 Å². The number of nitrogen functional groups attached to an aromatic ring is 1. The highest BCUT2D eigenvalue weighted by atomic mass is 32.1. The summed E-state index contributed by atoms with van der Waals surface area (Å²) in [5, 5.41) is 14.8. The van der Waals surface area contributed by atoms with E-state index in [4.69, 9.17) is 20.6 Å². The number of aryl methyl sites for hydroxylation is 1. The third kappa shape index (κ3) is 6.29. The van der Waals surface area contributed by atoms with E-state index < -0.39 is 23.6 Å². The molecule has 0 saturated carbocycles. The maximum absolute atomic E-state index is 13.6. The summed E-state index contributed by atoms with van der Waals surface area (Å²) in [6.07, 6.45) is 0.173. The fourth-order valence-corrected chi connectivity index (χ4v) is 5.77. The van der Waals surface area contributed by atoms with Gasteiger partial charge in [-0.3, -0.25) is 19.8 Å². The van der Waals surface area contributed by atoms with E-state index >= 15 is 0 Å². The van der Waals surface area contributed by atoms with Gasteiger partial charge in [-0.1, -0.05) is 18.2 Å². The van der Waals surface area contributed by atoms with E-state index in [9.17, 15) is 18.8 Å². The molecular formula is C29H30FN5O5S. The van der Waals surface area contributed by atoms with Gasteiger partial charge < -0.3 is 30.7 Å². The first kappa shape index (κ1) is 28.4. The van der Waals surface area contributed by atoms with Crippen LogP contribution < -0.4 is 16.4 Å². The first-order valence-corrected chi connectivity index (χ1v) is 13.9. The maximum atomic E-state index is 13.6. The SMILES string of the molecule is Cc1cc(-c2ccc(C(=O)NCC(=O)N3CC4(C[C@H]3C(=O)NCc3cc(C(=N)N)cs3)OCCO4)cc2)ccc1F. The van der Waals surface area contributed by atoms with Crippen molar-refractivity contribution in [1.82, 2.24) is 15.5 Å². The van der Waals surface area contributed by atoms with Crippen LogP contribution in [0.4, 0.5) is 4.39 Å². The number of likely N-dealkylation sites (tertiary alicyclic amines) is 1. The molecule has 0 bridgehead atoms. The minimum absolute atomic E-state index is 0.0511. The number of ether oxygens (including phenoxy) is 2. The molecule has 2 saturated heterocycles. The van der Waals surface area contributed by atoms with Gasteiger partial charge >= 0.3 is 0 Å². The number of halogens is 1. The monoisotopic (exact) mass is 579 g/mol. The molecule has 3 aromatic rings. The Bertz CT molecular complexity index is 1480. The summed E-state index contributed by atoms with van der Waals surface area (Å²) in [4.78, 5) is 41.4. The second-order valence-electron chi connectivity index (χ2n) is 10.0. The van der Waals surface area contributed by atoms with Crippen molar-refractivity contribution in [3.05, 3.63) is 81.3 Å². The molecule has 0 radical (unpaired) electrons. The van der Waals surface area contributed by atoms with E-state index in [2.05, 4.69) is 10.6 Å². The summed E-state index contributed by atoms with van der Waals surface area (Å²) in [5.74, 6) is -2.64. The molecule has 41 heavy (non-hydrogen) atoms. The molecule has 10 nitrogen and oxygen atoms in total. The number of nitrogens with one attached hydrogen (secondary N) is 3. The van der Waals surface area contributed by atoms with Crippen LogP contribution in [-0.2, 0) is 25.6 Å². The van der Waals surface area contributed by atoms with Crippen molar-refractivity contribution in [2.75, 3.05) is 26.3 Å². The lowest BCUT2D eigenvalue weighted by Gasteiger charge is -2.24. The second kappa shape index (κ2) is 11.8. The van der Waals surface area contributed by atoms with Gasteiger partial charge in [0.1, 0.15) is 17.7 Å². The lowest BCUT2D eigenvalue weighted by Crippen LogP contribution is -2.49. The zero-order chi connectivity index (χ0) is 29.1. The fourth-order valence-electron chi connectivity index (χ4n) is 4.95. The zero-order valence-electron chi connectivity index (χ0n) is 22.4. The number of benzene rings is 2. The highest BCUT2D eigenvalue weighted by Crippen LogP contribution is 2.35. The van der Waals surface area contributed by atoms with E-state index in [0.29, 0.717) is 29.9 Å². The van der Waals surface area contributed by atoms with E-state index in [1.165, 1.54) is 22.3 Å².